The van der Waals surface area contributed by atoms with Gasteiger partial charge < -0.3 is 16.0 Å². The first-order valence-electron chi connectivity index (χ1n) is 19.9. The minimum Gasteiger partial charge on any atom is -0.356 e. The second-order valence-electron chi connectivity index (χ2n) is 15.4. The third-order valence-electron chi connectivity index (χ3n) is 11.6. The first-order chi connectivity index (χ1) is 25.2. The molecule has 3 fully saturated rings. The number of rotatable bonds is 22. The van der Waals surface area contributed by atoms with Gasteiger partial charge in [-0.15, -0.1) is 0 Å². The number of unbranched alkanes of at least 4 members (excludes halogenated alkanes) is 13. The number of nitrogens with one attached hydrogen (secondary N) is 3. The Kier molecular flexibility index (Phi) is 14.9. The lowest BCUT2D eigenvalue weighted by Crippen LogP contribution is -2.53. The molecule has 0 saturated heterocycles. The SMILES string of the molecule is CCCCCCCCCCCCCCCCNC(=O)C12CCC(CNC(=O)c3cc(C(=O)NCc4ccc(F)c(Cl)c4)nc4ccnn34)(CC1)CC2. The van der Waals surface area contributed by atoms with Crippen LogP contribution in [0.1, 0.15) is 162 Å². The fourth-order valence-electron chi connectivity index (χ4n) is 8.05. The minimum atomic E-state index is -0.531. The van der Waals surface area contributed by atoms with Crippen LogP contribution in [-0.2, 0) is 11.3 Å². The van der Waals surface area contributed by atoms with Crippen LogP contribution in [0.3, 0.4) is 0 Å². The summed E-state index contributed by atoms with van der Waals surface area (Å²) in [5, 5.41) is 13.4. The Morgan fingerprint density at radius 3 is 2.00 bits per heavy atom. The van der Waals surface area contributed by atoms with Gasteiger partial charge in [0.2, 0.25) is 5.91 Å². The summed E-state index contributed by atoms with van der Waals surface area (Å²) in [4.78, 5) is 44.3. The monoisotopic (exact) mass is 736 g/mol. The molecule has 3 aliphatic carbocycles. The van der Waals surface area contributed by atoms with E-state index in [1.807, 2.05) is 0 Å². The van der Waals surface area contributed by atoms with E-state index in [4.69, 9.17) is 11.6 Å². The Balaban J connectivity index is 0.998. The van der Waals surface area contributed by atoms with Crippen molar-refractivity contribution in [2.45, 2.75) is 142 Å². The molecule has 3 aromatic rings. The number of hydrogen-bond acceptors (Lipinski definition) is 5. The second-order valence-corrected chi connectivity index (χ2v) is 15.8. The van der Waals surface area contributed by atoms with Crippen LogP contribution >= 0.6 is 11.6 Å². The quantitative estimate of drug-likeness (QED) is 0.0890. The number of hydrogen-bond donors (Lipinski definition) is 3. The van der Waals surface area contributed by atoms with Crippen LogP contribution in [-0.4, -0.2) is 45.4 Å². The summed E-state index contributed by atoms with van der Waals surface area (Å²) in [6, 6.07) is 7.32. The lowest BCUT2D eigenvalue weighted by atomic mass is 9.53. The number of aromatic nitrogens is 3. The number of carbonyl (C=O) groups excluding carboxylic acids is 3. The van der Waals surface area contributed by atoms with Gasteiger partial charge in [-0.2, -0.15) is 5.10 Å². The molecule has 6 rings (SSSR count). The molecule has 2 heterocycles. The summed E-state index contributed by atoms with van der Waals surface area (Å²) < 4.78 is 15.0. The first kappa shape index (κ1) is 39.7. The van der Waals surface area contributed by atoms with Gasteiger partial charge in [0, 0.05) is 37.2 Å². The average Bonchev–Trinajstić information content (AvgIpc) is 3.65. The van der Waals surface area contributed by atoms with E-state index in [0.717, 1.165) is 51.5 Å². The van der Waals surface area contributed by atoms with Crippen LogP contribution in [0.15, 0.2) is 36.5 Å². The van der Waals surface area contributed by atoms with Gasteiger partial charge in [-0.25, -0.2) is 13.9 Å². The molecule has 0 aliphatic heterocycles. The van der Waals surface area contributed by atoms with E-state index >= 15 is 0 Å². The van der Waals surface area contributed by atoms with Gasteiger partial charge >= 0.3 is 0 Å². The van der Waals surface area contributed by atoms with Crippen molar-refractivity contribution in [2.75, 3.05) is 13.1 Å². The summed E-state index contributed by atoms with van der Waals surface area (Å²) in [5.74, 6) is -1.13. The van der Waals surface area contributed by atoms with Crippen LogP contribution in [0.4, 0.5) is 4.39 Å². The van der Waals surface area contributed by atoms with Gasteiger partial charge in [0.15, 0.2) is 5.65 Å². The molecule has 3 amide bonds. The van der Waals surface area contributed by atoms with Crippen molar-refractivity contribution in [1.29, 1.82) is 0 Å². The van der Waals surface area contributed by atoms with Crippen molar-refractivity contribution in [3.8, 4) is 0 Å². The van der Waals surface area contributed by atoms with E-state index in [1.54, 1.807) is 12.1 Å². The lowest BCUT2D eigenvalue weighted by molar-refractivity contribution is -0.140. The summed E-state index contributed by atoms with van der Waals surface area (Å²) in [6.07, 6.45) is 25.3. The van der Waals surface area contributed by atoms with Crippen molar-refractivity contribution >= 4 is 35.0 Å². The maximum absolute atomic E-state index is 13.5. The van der Waals surface area contributed by atoms with Crippen LogP contribution in [0.25, 0.3) is 5.65 Å². The molecule has 2 bridgehead atoms. The minimum absolute atomic E-state index is 0.0238. The van der Waals surface area contributed by atoms with E-state index in [-0.39, 0.29) is 45.6 Å². The van der Waals surface area contributed by atoms with Gasteiger partial charge in [0.25, 0.3) is 11.8 Å². The first-order valence-corrected chi connectivity index (χ1v) is 20.3. The topological polar surface area (TPSA) is 117 Å². The molecular formula is C41H58ClFN6O3. The molecule has 11 heteroatoms. The van der Waals surface area contributed by atoms with Crippen LogP contribution in [0.2, 0.25) is 5.02 Å². The van der Waals surface area contributed by atoms with E-state index in [0.29, 0.717) is 17.8 Å². The molecule has 3 aliphatic rings. The normalized spacial score (nSPS) is 19.5. The molecule has 0 atom stereocenters. The number of amides is 3. The van der Waals surface area contributed by atoms with E-state index in [1.165, 1.54) is 112 Å². The molecule has 284 valence electrons. The molecular weight excluding hydrogens is 679 g/mol. The number of benzene rings is 1. The Bertz CT molecular complexity index is 1620. The van der Waals surface area contributed by atoms with Crippen LogP contribution < -0.4 is 16.0 Å². The smallest absolute Gasteiger partial charge is 0.270 e. The Morgan fingerprint density at radius 1 is 0.769 bits per heavy atom. The summed E-state index contributed by atoms with van der Waals surface area (Å²) in [5.41, 5.74) is 0.972. The highest BCUT2D eigenvalue weighted by molar-refractivity contribution is 6.30. The lowest BCUT2D eigenvalue weighted by Gasteiger charge is -2.52. The van der Waals surface area contributed by atoms with Crippen molar-refractivity contribution in [2.24, 2.45) is 10.8 Å². The van der Waals surface area contributed by atoms with Gasteiger partial charge in [-0.1, -0.05) is 108 Å². The maximum atomic E-state index is 13.5. The highest BCUT2D eigenvalue weighted by Crippen LogP contribution is 2.56. The van der Waals surface area contributed by atoms with Crippen molar-refractivity contribution in [3.63, 3.8) is 0 Å². The number of carbonyl (C=O) groups is 3. The number of nitrogens with zero attached hydrogens (tertiary/aromatic N) is 3. The van der Waals surface area contributed by atoms with E-state index in [2.05, 4.69) is 33.0 Å². The van der Waals surface area contributed by atoms with Crippen molar-refractivity contribution in [3.05, 3.63) is 64.3 Å². The molecule has 2 aromatic heterocycles. The van der Waals surface area contributed by atoms with Crippen LogP contribution in [0.5, 0.6) is 0 Å². The third kappa shape index (κ3) is 10.8. The summed E-state index contributed by atoms with van der Waals surface area (Å²) in [7, 11) is 0. The number of fused-ring (bicyclic) bond motifs is 4. The van der Waals surface area contributed by atoms with Gasteiger partial charge in [0.1, 0.15) is 17.2 Å². The Hall–Kier alpha value is -3.53. The zero-order chi connectivity index (χ0) is 36.8. The molecule has 3 N–H and O–H groups in total. The standard InChI is InChI=1S/C41H58ClFN6O3/c1-2-3-4-5-6-7-8-9-10-11-12-13-14-15-25-44-39(52)41-22-19-40(20-23-41,21-24-41)30-46-38(51)35-28-34(48-36-18-26-47-49(35)36)37(50)45-29-31-16-17-33(43)32(42)27-31/h16-18,26-28H,2-15,19-25,29-30H2,1H3,(H,44,52)(H,45,50)(H,46,51). The Morgan fingerprint density at radius 2 is 1.38 bits per heavy atom. The second kappa shape index (κ2) is 19.5. The van der Waals surface area contributed by atoms with Crippen molar-refractivity contribution in [1.82, 2.24) is 30.5 Å². The maximum Gasteiger partial charge on any atom is 0.270 e. The third-order valence-corrected chi connectivity index (χ3v) is 11.9. The molecule has 0 spiro atoms. The van der Waals surface area contributed by atoms with Gasteiger partial charge in [-0.05, 0) is 68.1 Å². The average molecular weight is 737 g/mol. The van der Waals surface area contributed by atoms with Crippen LogP contribution in [0, 0.1) is 16.6 Å². The molecule has 1 aromatic carbocycles. The van der Waals surface area contributed by atoms with E-state index < -0.39 is 11.7 Å². The van der Waals surface area contributed by atoms with Crippen molar-refractivity contribution < 1.29 is 18.8 Å². The summed E-state index contributed by atoms with van der Waals surface area (Å²) in [6.45, 7) is 3.65. The van der Waals surface area contributed by atoms with E-state index in [9.17, 15) is 18.8 Å². The fraction of sp³-hybridized carbons (Fsp3) is 0.634. The molecule has 0 unspecified atom stereocenters. The Labute approximate surface area is 313 Å². The molecule has 3 saturated carbocycles. The molecule has 9 nitrogen and oxygen atoms in total. The largest absolute Gasteiger partial charge is 0.356 e. The highest BCUT2D eigenvalue weighted by atomic mass is 35.5. The zero-order valence-electron chi connectivity index (χ0n) is 31.0. The predicted octanol–water partition coefficient (Wildman–Crippen LogP) is 9.12. The van der Waals surface area contributed by atoms with Gasteiger partial charge in [-0.3, -0.25) is 14.4 Å². The predicted molar refractivity (Wildman–Crippen MR) is 204 cm³/mol. The summed E-state index contributed by atoms with van der Waals surface area (Å²) >= 11 is 5.87. The molecule has 0 radical (unpaired) electrons. The zero-order valence-corrected chi connectivity index (χ0v) is 31.8. The fourth-order valence-corrected chi connectivity index (χ4v) is 8.25. The number of halogens is 2. The molecule has 52 heavy (non-hydrogen) atoms. The highest BCUT2D eigenvalue weighted by Gasteiger charge is 2.52. The van der Waals surface area contributed by atoms with Gasteiger partial charge in [0.05, 0.1) is 11.2 Å².